The number of hydrogen-bond donors (Lipinski definition) is 1. The third kappa shape index (κ3) is 7.41. The smallest absolute Gasteiger partial charge is 0.337 e. The SMILES string of the molecule is CCC(C)Oc1cc(C(=O)OC)ccc1NC(=O)c1ccc(I)c(OCCC(C)C)c1. The second-order valence-corrected chi connectivity index (χ2v) is 8.83. The zero-order valence-electron chi connectivity index (χ0n) is 18.7. The summed E-state index contributed by atoms with van der Waals surface area (Å²) in [6.07, 6.45) is 1.64. The van der Waals surface area contributed by atoms with Gasteiger partial charge in [-0.05, 0) is 84.7 Å². The molecular formula is C24H30INO5. The monoisotopic (exact) mass is 539 g/mol. The Morgan fingerprint density at radius 1 is 1.03 bits per heavy atom. The van der Waals surface area contributed by atoms with E-state index in [4.69, 9.17) is 14.2 Å². The van der Waals surface area contributed by atoms with Gasteiger partial charge in [-0.3, -0.25) is 4.79 Å². The number of nitrogens with one attached hydrogen (secondary N) is 1. The number of methoxy groups -OCH3 is 1. The lowest BCUT2D eigenvalue weighted by atomic mass is 10.1. The van der Waals surface area contributed by atoms with Crippen molar-refractivity contribution in [1.82, 2.24) is 0 Å². The highest BCUT2D eigenvalue weighted by Gasteiger charge is 2.16. The second kappa shape index (κ2) is 11.9. The average Bonchev–Trinajstić information content (AvgIpc) is 2.75. The first-order valence-corrected chi connectivity index (χ1v) is 11.5. The molecule has 2 rings (SSSR count). The van der Waals surface area contributed by atoms with E-state index in [0.29, 0.717) is 40.8 Å². The van der Waals surface area contributed by atoms with Crippen LogP contribution in [0.3, 0.4) is 0 Å². The summed E-state index contributed by atoms with van der Waals surface area (Å²) in [5, 5.41) is 2.89. The summed E-state index contributed by atoms with van der Waals surface area (Å²) >= 11 is 2.20. The molecule has 0 saturated heterocycles. The maximum atomic E-state index is 12.9. The van der Waals surface area contributed by atoms with Crippen LogP contribution in [0.1, 0.15) is 61.3 Å². The van der Waals surface area contributed by atoms with Crippen LogP contribution in [0.5, 0.6) is 11.5 Å². The molecule has 0 fully saturated rings. The van der Waals surface area contributed by atoms with Gasteiger partial charge in [0.15, 0.2) is 0 Å². The van der Waals surface area contributed by atoms with Gasteiger partial charge in [-0.25, -0.2) is 4.79 Å². The average molecular weight is 539 g/mol. The summed E-state index contributed by atoms with van der Waals surface area (Å²) in [6.45, 7) is 8.81. The van der Waals surface area contributed by atoms with Crippen molar-refractivity contribution in [3.05, 3.63) is 51.1 Å². The first-order chi connectivity index (χ1) is 14.7. The van der Waals surface area contributed by atoms with Crippen molar-refractivity contribution in [2.75, 3.05) is 19.0 Å². The van der Waals surface area contributed by atoms with Crippen molar-refractivity contribution in [2.45, 2.75) is 46.6 Å². The Kier molecular flexibility index (Phi) is 9.61. The minimum absolute atomic E-state index is 0.0807. The van der Waals surface area contributed by atoms with E-state index in [-0.39, 0.29) is 12.0 Å². The maximum Gasteiger partial charge on any atom is 0.337 e. The van der Waals surface area contributed by atoms with Crippen molar-refractivity contribution in [2.24, 2.45) is 5.92 Å². The van der Waals surface area contributed by atoms with Gasteiger partial charge in [-0.15, -0.1) is 0 Å². The Morgan fingerprint density at radius 3 is 2.35 bits per heavy atom. The molecule has 1 atom stereocenters. The number of halogens is 1. The van der Waals surface area contributed by atoms with Gasteiger partial charge in [0, 0.05) is 5.56 Å². The predicted molar refractivity (Wildman–Crippen MR) is 130 cm³/mol. The second-order valence-electron chi connectivity index (χ2n) is 7.67. The van der Waals surface area contributed by atoms with Gasteiger partial charge in [-0.2, -0.15) is 0 Å². The van der Waals surface area contributed by atoms with Crippen LogP contribution in [0.2, 0.25) is 0 Å². The van der Waals surface area contributed by atoms with Crippen LogP contribution in [0.4, 0.5) is 5.69 Å². The molecule has 31 heavy (non-hydrogen) atoms. The van der Waals surface area contributed by atoms with E-state index in [1.54, 1.807) is 30.3 Å². The molecule has 0 spiro atoms. The fourth-order valence-electron chi connectivity index (χ4n) is 2.62. The Bertz CT molecular complexity index is 913. The number of rotatable bonds is 10. The molecule has 0 aliphatic heterocycles. The van der Waals surface area contributed by atoms with Gasteiger partial charge < -0.3 is 19.5 Å². The fourth-order valence-corrected chi connectivity index (χ4v) is 3.11. The molecule has 7 heteroatoms. The van der Waals surface area contributed by atoms with Gasteiger partial charge in [0.05, 0.1) is 34.6 Å². The highest BCUT2D eigenvalue weighted by molar-refractivity contribution is 14.1. The molecular weight excluding hydrogens is 509 g/mol. The summed E-state index contributed by atoms with van der Waals surface area (Å²) < 4.78 is 17.5. The minimum atomic E-state index is -0.465. The largest absolute Gasteiger partial charge is 0.492 e. The van der Waals surface area contributed by atoms with Crippen molar-refractivity contribution in [1.29, 1.82) is 0 Å². The van der Waals surface area contributed by atoms with Crippen molar-refractivity contribution >= 4 is 40.2 Å². The van der Waals surface area contributed by atoms with Gasteiger partial charge in [0.25, 0.3) is 5.91 Å². The first kappa shape index (κ1) is 25.0. The van der Waals surface area contributed by atoms with Crippen LogP contribution in [-0.2, 0) is 4.74 Å². The highest BCUT2D eigenvalue weighted by atomic mass is 127. The number of carbonyl (C=O) groups is 2. The third-order valence-electron chi connectivity index (χ3n) is 4.70. The molecule has 168 valence electrons. The van der Waals surface area contributed by atoms with Crippen LogP contribution >= 0.6 is 22.6 Å². The van der Waals surface area contributed by atoms with E-state index >= 15 is 0 Å². The van der Waals surface area contributed by atoms with Crippen molar-refractivity contribution < 1.29 is 23.8 Å². The Hall–Kier alpha value is -2.29. The van der Waals surface area contributed by atoms with Gasteiger partial charge in [0.2, 0.25) is 0 Å². The molecule has 1 amide bonds. The van der Waals surface area contributed by atoms with E-state index in [2.05, 4.69) is 41.8 Å². The topological polar surface area (TPSA) is 73.9 Å². The summed E-state index contributed by atoms with van der Waals surface area (Å²) in [5.74, 6) is 0.897. The number of carbonyl (C=O) groups excluding carboxylic acids is 2. The molecule has 0 bridgehead atoms. The van der Waals surface area contributed by atoms with Crippen LogP contribution in [0.25, 0.3) is 0 Å². The zero-order valence-corrected chi connectivity index (χ0v) is 20.8. The number of amides is 1. The summed E-state index contributed by atoms with van der Waals surface area (Å²) in [6, 6.07) is 10.2. The predicted octanol–water partition coefficient (Wildman–Crippen LogP) is 5.93. The normalized spacial score (nSPS) is 11.7. The lowest BCUT2D eigenvalue weighted by Gasteiger charge is -2.18. The quantitative estimate of drug-likeness (QED) is 0.299. The van der Waals surface area contributed by atoms with Gasteiger partial charge in [0.1, 0.15) is 11.5 Å². The molecule has 0 radical (unpaired) electrons. The van der Waals surface area contributed by atoms with E-state index in [9.17, 15) is 9.59 Å². The fraction of sp³-hybridized carbons (Fsp3) is 0.417. The Morgan fingerprint density at radius 2 is 1.71 bits per heavy atom. The lowest BCUT2D eigenvalue weighted by Crippen LogP contribution is -2.16. The number of anilines is 1. The van der Waals surface area contributed by atoms with E-state index < -0.39 is 5.97 Å². The summed E-state index contributed by atoms with van der Waals surface area (Å²) in [7, 11) is 1.32. The third-order valence-corrected chi connectivity index (χ3v) is 5.59. The molecule has 0 aliphatic rings. The van der Waals surface area contributed by atoms with E-state index in [1.165, 1.54) is 7.11 Å². The van der Waals surface area contributed by atoms with E-state index in [1.807, 2.05) is 19.9 Å². The Labute approximate surface area is 197 Å². The van der Waals surface area contributed by atoms with Crippen LogP contribution in [0.15, 0.2) is 36.4 Å². The van der Waals surface area contributed by atoms with Crippen LogP contribution < -0.4 is 14.8 Å². The highest BCUT2D eigenvalue weighted by Crippen LogP contribution is 2.29. The lowest BCUT2D eigenvalue weighted by molar-refractivity contribution is 0.0600. The minimum Gasteiger partial charge on any atom is -0.492 e. The molecule has 0 aromatic heterocycles. The molecule has 0 heterocycles. The molecule has 6 nitrogen and oxygen atoms in total. The zero-order chi connectivity index (χ0) is 23.0. The van der Waals surface area contributed by atoms with Crippen molar-refractivity contribution in [3.8, 4) is 11.5 Å². The standard InChI is InChI=1S/C24H30INO5/c1-6-16(4)31-22-14-18(24(28)29-5)8-10-20(22)26-23(27)17-7-9-19(25)21(13-17)30-12-11-15(2)3/h7-10,13-16H,6,11-12H2,1-5H3,(H,26,27). The first-order valence-electron chi connectivity index (χ1n) is 10.4. The molecule has 0 aliphatic carbocycles. The number of benzene rings is 2. The maximum absolute atomic E-state index is 12.9. The number of esters is 1. The molecule has 1 unspecified atom stereocenters. The van der Waals surface area contributed by atoms with Crippen LogP contribution in [-0.4, -0.2) is 31.7 Å². The molecule has 1 N–H and O–H groups in total. The summed E-state index contributed by atoms with van der Waals surface area (Å²) in [5.41, 5.74) is 1.32. The molecule has 0 saturated carbocycles. The van der Waals surface area contributed by atoms with Crippen LogP contribution in [0, 0.1) is 9.49 Å². The Balaban J connectivity index is 2.24. The molecule has 2 aromatic rings. The summed E-state index contributed by atoms with van der Waals surface area (Å²) in [4.78, 5) is 24.8. The van der Waals surface area contributed by atoms with Crippen molar-refractivity contribution in [3.63, 3.8) is 0 Å². The van der Waals surface area contributed by atoms with E-state index in [0.717, 1.165) is 16.4 Å². The number of ether oxygens (including phenoxy) is 3. The number of hydrogen-bond acceptors (Lipinski definition) is 5. The molecule has 2 aromatic carbocycles. The van der Waals surface area contributed by atoms with Gasteiger partial charge >= 0.3 is 5.97 Å². The van der Waals surface area contributed by atoms with Gasteiger partial charge in [-0.1, -0.05) is 20.8 Å².